The van der Waals surface area contributed by atoms with Crippen LogP contribution in [0, 0.1) is 16.7 Å². The highest BCUT2D eigenvalue weighted by Gasteiger charge is 2.47. The number of hydrogen-bond acceptors (Lipinski definition) is 0. The van der Waals surface area contributed by atoms with E-state index >= 15 is 0 Å². The van der Waals surface area contributed by atoms with Crippen LogP contribution in [-0.4, -0.2) is 10.2 Å². The molecule has 0 nitrogen and oxygen atoms in total. The minimum absolute atomic E-state index is 0.416. The van der Waals surface area contributed by atoms with Crippen LogP contribution in [0.3, 0.4) is 0 Å². The Bertz CT molecular complexity index is 208. The maximum atomic E-state index is 2.48. The van der Waals surface area contributed by atoms with Crippen molar-refractivity contribution in [3.63, 3.8) is 0 Å². The van der Waals surface area contributed by atoms with Crippen LogP contribution in [0.2, 0.25) is 5.04 Å². The van der Waals surface area contributed by atoms with Crippen LogP contribution in [0.25, 0.3) is 0 Å². The third kappa shape index (κ3) is 3.12. The van der Waals surface area contributed by atoms with Crippen LogP contribution in [0.15, 0.2) is 0 Å². The summed E-state index contributed by atoms with van der Waals surface area (Å²) in [6.45, 7) is 19.5. The van der Waals surface area contributed by atoms with Gasteiger partial charge in [0.1, 0.15) is 0 Å². The van der Waals surface area contributed by atoms with Crippen LogP contribution in [-0.2, 0) is 0 Å². The molecule has 0 rings (SSSR count). The first-order valence-corrected chi connectivity index (χ1v) is 7.98. The smallest absolute Gasteiger partial charge is 0.0106 e. The van der Waals surface area contributed by atoms with Gasteiger partial charge in [0.25, 0.3) is 0 Å². The summed E-state index contributed by atoms with van der Waals surface area (Å²) in [5.41, 5.74) is 0.840. The maximum absolute atomic E-state index is 2.48. The van der Waals surface area contributed by atoms with Gasteiger partial charge in [0.2, 0.25) is 0 Å². The van der Waals surface area contributed by atoms with E-state index in [1.165, 1.54) is 29.5 Å². The van der Waals surface area contributed by atoms with Gasteiger partial charge < -0.3 is 0 Å². The molecule has 0 aliphatic carbocycles. The lowest BCUT2D eigenvalue weighted by atomic mass is 9.56. The predicted molar refractivity (Wildman–Crippen MR) is 80.2 cm³/mol. The first kappa shape index (κ1) is 16.2. The average Bonchev–Trinajstić information content (AvgIpc) is 2.11. The van der Waals surface area contributed by atoms with Crippen LogP contribution in [0.5, 0.6) is 0 Å². The predicted octanol–water partition coefficient (Wildman–Crippen LogP) is 4.43. The Balaban J connectivity index is 4.89. The van der Waals surface area contributed by atoms with Crippen molar-refractivity contribution in [3.8, 4) is 0 Å². The van der Waals surface area contributed by atoms with Crippen molar-refractivity contribution >= 4 is 10.2 Å². The largest absolute Gasteiger partial charge is 0.0654 e. The molecule has 1 unspecified atom stereocenters. The molecule has 0 aliphatic heterocycles. The first-order chi connectivity index (χ1) is 6.98. The van der Waals surface area contributed by atoms with Gasteiger partial charge in [0.05, 0.1) is 0 Å². The van der Waals surface area contributed by atoms with Gasteiger partial charge in [-0.1, -0.05) is 74.7 Å². The van der Waals surface area contributed by atoms with Crippen molar-refractivity contribution in [1.82, 2.24) is 0 Å². The molecule has 0 aromatic rings. The zero-order valence-corrected chi connectivity index (χ0v) is 15.2. The molecule has 1 atom stereocenters. The number of unbranched alkanes of at least 4 members (excludes halogenated alkanes) is 1. The molecule has 0 aromatic carbocycles. The van der Waals surface area contributed by atoms with E-state index in [4.69, 9.17) is 0 Å². The summed E-state index contributed by atoms with van der Waals surface area (Å²) in [7, 11) is 1.27. The van der Waals surface area contributed by atoms with E-state index in [0.717, 1.165) is 5.92 Å². The summed E-state index contributed by atoms with van der Waals surface area (Å²) in [4.78, 5) is 0. The highest BCUT2D eigenvalue weighted by Crippen LogP contribution is 2.57. The summed E-state index contributed by atoms with van der Waals surface area (Å²) >= 11 is 0. The molecule has 0 amide bonds. The van der Waals surface area contributed by atoms with Crippen molar-refractivity contribution in [2.24, 2.45) is 16.7 Å². The second kappa shape index (κ2) is 5.24. The Labute approximate surface area is 107 Å². The average molecular weight is 243 g/mol. The van der Waals surface area contributed by atoms with Gasteiger partial charge in [-0.2, -0.15) is 0 Å². The molecule has 1 heteroatoms. The van der Waals surface area contributed by atoms with Gasteiger partial charge in [-0.05, 0) is 21.8 Å². The first-order valence-electron chi connectivity index (χ1n) is 6.98. The zero-order chi connectivity index (χ0) is 13.2. The van der Waals surface area contributed by atoms with E-state index < -0.39 is 0 Å². The van der Waals surface area contributed by atoms with Crippen molar-refractivity contribution in [2.45, 2.75) is 79.7 Å². The standard InChI is InChI=1S/C15H34Si/c1-9-10-11-12(2)13(3,4)14(5,6)15(7,8)16/h12H,9-11H2,1-8,16H3. The quantitative estimate of drug-likeness (QED) is 0.605. The Morgan fingerprint density at radius 3 is 1.75 bits per heavy atom. The highest BCUT2D eigenvalue weighted by molar-refractivity contribution is 6.15. The third-order valence-corrected chi connectivity index (χ3v) is 6.96. The van der Waals surface area contributed by atoms with E-state index in [2.05, 4.69) is 55.4 Å². The SMILES string of the molecule is CCCCC(C)C(C)(C)C(C)(C)C(C)(C)[SiH3]. The Kier molecular flexibility index (Phi) is 5.32. The molecule has 0 saturated heterocycles. The molecule has 98 valence electrons. The number of rotatable bonds is 6. The fraction of sp³-hybridized carbons (Fsp3) is 1.00. The topological polar surface area (TPSA) is 0 Å². The molecule has 0 fully saturated rings. The summed E-state index contributed by atoms with van der Waals surface area (Å²) in [6, 6.07) is 0. The van der Waals surface area contributed by atoms with Crippen molar-refractivity contribution in [3.05, 3.63) is 0 Å². The number of hydrogen-bond donors (Lipinski definition) is 0. The van der Waals surface area contributed by atoms with Crippen LogP contribution in [0.1, 0.15) is 74.7 Å². The van der Waals surface area contributed by atoms with E-state index in [-0.39, 0.29) is 0 Å². The molecular weight excluding hydrogens is 208 g/mol. The van der Waals surface area contributed by atoms with E-state index in [1.807, 2.05) is 0 Å². The lowest BCUT2D eigenvalue weighted by molar-refractivity contribution is 0.0106. The molecule has 0 aromatic heterocycles. The molecule has 0 N–H and O–H groups in total. The molecule has 0 spiro atoms. The van der Waals surface area contributed by atoms with Crippen LogP contribution < -0.4 is 0 Å². The Hall–Kier alpha value is 0.217. The summed E-state index contributed by atoms with van der Waals surface area (Å²) in [5.74, 6) is 0.815. The molecule has 0 heterocycles. The normalized spacial score (nSPS) is 16.5. The van der Waals surface area contributed by atoms with Crippen LogP contribution >= 0.6 is 0 Å². The second-order valence-electron chi connectivity index (χ2n) is 7.64. The fourth-order valence-corrected chi connectivity index (χ4v) is 3.10. The molecule has 16 heavy (non-hydrogen) atoms. The van der Waals surface area contributed by atoms with E-state index in [1.54, 1.807) is 0 Å². The lowest BCUT2D eigenvalue weighted by Gasteiger charge is -2.54. The minimum atomic E-state index is 0.416. The highest BCUT2D eigenvalue weighted by atomic mass is 28.1. The fourth-order valence-electron chi connectivity index (χ4n) is 2.45. The molecule has 0 radical (unpaired) electrons. The van der Waals surface area contributed by atoms with E-state index in [0.29, 0.717) is 15.9 Å². The Morgan fingerprint density at radius 1 is 1.00 bits per heavy atom. The maximum Gasteiger partial charge on any atom is 0.0106 e. The molecular formula is C15H34Si. The monoisotopic (exact) mass is 242 g/mol. The van der Waals surface area contributed by atoms with Crippen LogP contribution in [0.4, 0.5) is 0 Å². The molecule has 0 aliphatic rings. The molecule has 0 bridgehead atoms. The summed E-state index contributed by atoms with van der Waals surface area (Å²) in [6.07, 6.45) is 4.08. The zero-order valence-electron chi connectivity index (χ0n) is 13.2. The van der Waals surface area contributed by atoms with Gasteiger partial charge >= 0.3 is 0 Å². The minimum Gasteiger partial charge on any atom is -0.0654 e. The van der Waals surface area contributed by atoms with Gasteiger partial charge in [0.15, 0.2) is 0 Å². The summed E-state index contributed by atoms with van der Waals surface area (Å²) in [5, 5.41) is 0.497. The second-order valence-corrected chi connectivity index (χ2v) is 10.1. The van der Waals surface area contributed by atoms with Gasteiger partial charge in [-0.15, -0.1) is 0 Å². The van der Waals surface area contributed by atoms with Gasteiger partial charge in [0, 0.05) is 10.2 Å². The summed E-state index contributed by atoms with van der Waals surface area (Å²) < 4.78 is 0. The van der Waals surface area contributed by atoms with Crippen molar-refractivity contribution in [2.75, 3.05) is 0 Å². The third-order valence-electron chi connectivity index (χ3n) is 5.71. The lowest BCUT2D eigenvalue weighted by Crippen LogP contribution is -2.44. The van der Waals surface area contributed by atoms with Crippen molar-refractivity contribution < 1.29 is 0 Å². The Morgan fingerprint density at radius 2 is 1.44 bits per heavy atom. The van der Waals surface area contributed by atoms with E-state index in [9.17, 15) is 0 Å². The molecule has 0 saturated carbocycles. The van der Waals surface area contributed by atoms with Gasteiger partial charge in [-0.25, -0.2) is 0 Å². The van der Waals surface area contributed by atoms with Gasteiger partial charge in [-0.3, -0.25) is 0 Å². The van der Waals surface area contributed by atoms with Crippen molar-refractivity contribution in [1.29, 1.82) is 0 Å².